The molecule has 3 N–H and O–H groups in total. The Morgan fingerprint density at radius 1 is 1.00 bits per heavy atom. The normalized spacial score (nSPS) is 16.3. The van der Waals surface area contributed by atoms with Crippen LogP contribution in [0.15, 0.2) is 42.5 Å². The molecule has 3 heterocycles. The molecule has 8 nitrogen and oxygen atoms in total. The summed E-state index contributed by atoms with van der Waals surface area (Å²) in [6.45, 7) is 5.13. The van der Waals surface area contributed by atoms with Crippen molar-refractivity contribution >= 4 is 11.9 Å². The largest absolute Gasteiger partial charge is 0.508 e. The summed E-state index contributed by atoms with van der Waals surface area (Å²) in [5, 5.41) is 9.74. The molecule has 0 saturated carbocycles. The Kier molecular flexibility index (Phi) is 4.84. The van der Waals surface area contributed by atoms with E-state index < -0.39 is 0 Å². The first-order valence-electron chi connectivity index (χ1n) is 10.2. The van der Waals surface area contributed by atoms with E-state index in [1.54, 1.807) is 18.2 Å². The molecule has 0 spiro atoms. The lowest BCUT2D eigenvalue weighted by molar-refractivity contribution is 0.248. The number of anilines is 2. The average molecular weight is 404 g/mol. The van der Waals surface area contributed by atoms with Crippen molar-refractivity contribution in [2.75, 3.05) is 43.4 Å². The Hall–Kier alpha value is -3.39. The second-order valence-corrected chi connectivity index (χ2v) is 7.67. The second kappa shape index (κ2) is 7.79. The number of nitrogens with two attached hydrogens (primary N) is 1. The van der Waals surface area contributed by atoms with Crippen LogP contribution in [0.25, 0.3) is 11.4 Å². The van der Waals surface area contributed by atoms with Gasteiger partial charge in [0, 0.05) is 44.7 Å². The number of nitrogens with zero attached hydrogens (tertiary/aromatic N) is 5. The smallest absolute Gasteiger partial charge is 0.230 e. The Morgan fingerprint density at radius 2 is 1.87 bits per heavy atom. The molecule has 1 fully saturated rings. The maximum absolute atomic E-state index is 9.74. The Morgan fingerprint density at radius 3 is 2.70 bits per heavy atom. The van der Waals surface area contributed by atoms with E-state index >= 15 is 0 Å². The summed E-state index contributed by atoms with van der Waals surface area (Å²) in [6, 6.07) is 13.4. The monoisotopic (exact) mass is 404 g/mol. The molecule has 154 valence electrons. The summed E-state index contributed by atoms with van der Waals surface area (Å²) >= 11 is 0. The fourth-order valence-corrected chi connectivity index (χ4v) is 3.97. The topological polar surface area (TPSA) is 101 Å². The predicted octanol–water partition coefficient (Wildman–Crippen LogP) is 2.08. The Bertz CT molecular complexity index is 1070. The van der Waals surface area contributed by atoms with E-state index in [0.717, 1.165) is 51.5 Å². The van der Waals surface area contributed by atoms with Gasteiger partial charge in [-0.1, -0.05) is 24.3 Å². The molecule has 0 bridgehead atoms. The molecule has 30 heavy (non-hydrogen) atoms. The number of hydrogen-bond acceptors (Lipinski definition) is 8. The highest BCUT2D eigenvalue weighted by molar-refractivity contribution is 5.59. The quantitative estimate of drug-likeness (QED) is 0.682. The van der Waals surface area contributed by atoms with Crippen molar-refractivity contribution < 1.29 is 9.84 Å². The van der Waals surface area contributed by atoms with Crippen molar-refractivity contribution in [2.24, 2.45) is 0 Å². The molecule has 2 aliphatic heterocycles. The summed E-state index contributed by atoms with van der Waals surface area (Å²) < 4.78 is 5.69. The molecule has 1 saturated heterocycles. The van der Waals surface area contributed by atoms with Crippen LogP contribution in [0.4, 0.5) is 11.9 Å². The molecule has 0 atom stereocenters. The van der Waals surface area contributed by atoms with Gasteiger partial charge in [0.05, 0.1) is 6.61 Å². The van der Waals surface area contributed by atoms with Crippen LogP contribution in [0.5, 0.6) is 11.5 Å². The lowest BCUT2D eigenvalue weighted by Crippen LogP contribution is -2.46. The van der Waals surface area contributed by atoms with Gasteiger partial charge >= 0.3 is 0 Å². The molecule has 2 aromatic carbocycles. The van der Waals surface area contributed by atoms with Crippen molar-refractivity contribution in [1.82, 2.24) is 19.9 Å². The van der Waals surface area contributed by atoms with Gasteiger partial charge in [-0.2, -0.15) is 15.0 Å². The first kappa shape index (κ1) is 18.6. The molecule has 0 unspecified atom stereocenters. The molecule has 1 aromatic heterocycles. The molecule has 0 amide bonds. The number of aromatic nitrogens is 3. The highest BCUT2D eigenvalue weighted by Gasteiger charge is 2.21. The predicted molar refractivity (Wildman–Crippen MR) is 114 cm³/mol. The number of phenolic OH excluding ortho intramolecular Hbond substituents is 1. The molecule has 0 radical (unpaired) electrons. The number of nitrogen functional groups attached to an aromatic ring is 1. The zero-order valence-electron chi connectivity index (χ0n) is 16.7. The van der Waals surface area contributed by atoms with Gasteiger partial charge in [0.15, 0.2) is 5.82 Å². The molecule has 2 aliphatic rings. The first-order chi connectivity index (χ1) is 14.6. The third-order valence-electron chi connectivity index (χ3n) is 5.57. The van der Waals surface area contributed by atoms with E-state index in [2.05, 4.69) is 43.0 Å². The summed E-state index contributed by atoms with van der Waals surface area (Å²) in [7, 11) is 0. The summed E-state index contributed by atoms with van der Waals surface area (Å²) in [5.74, 6) is 2.42. The maximum Gasteiger partial charge on any atom is 0.230 e. The Balaban J connectivity index is 1.26. The third kappa shape index (κ3) is 3.86. The van der Waals surface area contributed by atoms with E-state index in [-0.39, 0.29) is 11.7 Å². The highest BCUT2D eigenvalue weighted by Crippen LogP contribution is 2.27. The zero-order chi connectivity index (χ0) is 20.5. The van der Waals surface area contributed by atoms with Crippen LogP contribution in [0.1, 0.15) is 11.1 Å². The minimum Gasteiger partial charge on any atom is -0.508 e. The van der Waals surface area contributed by atoms with Crippen LogP contribution < -0.4 is 15.4 Å². The van der Waals surface area contributed by atoms with Gasteiger partial charge in [-0.05, 0) is 29.3 Å². The molecular formula is C22H24N6O2. The number of fused-ring (bicyclic) bond motifs is 1. The third-order valence-corrected chi connectivity index (χ3v) is 5.57. The molecule has 0 aliphatic carbocycles. The van der Waals surface area contributed by atoms with Gasteiger partial charge in [0.25, 0.3) is 0 Å². The number of rotatable bonds is 4. The molecule has 5 rings (SSSR count). The maximum atomic E-state index is 9.74. The number of phenols is 1. The lowest BCUT2D eigenvalue weighted by Gasteiger charge is -2.34. The van der Waals surface area contributed by atoms with E-state index in [1.165, 1.54) is 11.1 Å². The van der Waals surface area contributed by atoms with Crippen LogP contribution >= 0.6 is 0 Å². The fourth-order valence-electron chi connectivity index (χ4n) is 3.97. The second-order valence-electron chi connectivity index (χ2n) is 7.67. The van der Waals surface area contributed by atoms with Crippen molar-refractivity contribution in [3.8, 4) is 22.9 Å². The van der Waals surface area contributed by atoms with Crippen molar-refractivity contribution in [1.29, 1.82) is 0 Å². The standard InChI is InChI=1S/C22H24N6O2/c23-21-24-20(17-2-1-3-18(29)13-17)25-22(26-21)28-9-7-27(8-10-28)14-15-4-5-16-6-11-30-19(16)12-15/h1-5,12-13,29H,6-11,14H2,(H2,23,24,25,26). The van der Waals surface area contributed by atoms with Gasteiger partial charge < -0.3 is 20.5 Å². The first-order valence-corrected chi connectivity index (χ1v) is 10.2. The van der Waals surface area contributed by atoms with E-state index in [9.17, 15) is 5.11 Å². The molecule has 8 heteroatoms. The minimum absolute atomic E-state index is 0.165. The number of ether oxygens (including phenoxy) is 1. The van der Waals surface area contributed by atoms with Crippen LogP contribution in [-0.4, -0.2) is 57.7 Å². The number of piperazine rings is 1. The van der Waals surface area contributed by atoms with Crippen LogP contribution in [0, 0.1) is 0 Å². The van der Waals surface area contributed by atoms with Gasteiger partial charge in [0.2, 0.25) is 11.9 Å². The fraction of sp³-hybridized carbons (Fsp3) is 0.318. The van der Waals surface area contributed by atoms with Crippen molar-refractivity contribution in [3.05, 3.63) is 53.6 Å². The van der Waals surface area contributed by atoms with Gasteiger partial charge in [-0.25, -0.2) is 0 Å². The van der Waals surface area contributed by atoms with Gasteiger partial charge in [-0.15, -0.1) is 0 Å². The van der Waals surface area contributed by atoms with E-state index in [1.807, 2.05) is 6.07 Å². The summed E-state index contributed by atoms with van der Waals surface area (Å²) in [4.78, 5) is 17.7. The summed E-state index contributed by atoms with van der Waals surface area (Å²) in [5.41, 5.74) is 9.23. The van der Waals surface area contributed by atoms with Gasteiger partial charge in [0.1, 0.15) is 11.5 Å². The molecular weight excluding hydrogens is 380 g/mol. The average Bonchev–Trinajstić information content (AvgIpc) is 3.22. The van der Waals surface area contributed by atoms with E-state index in [0.29, 0.717) is 17.3 Å². The van der Waals surface area contributed by atoms with Crippen molar-refractivity contribution in [2.45, 2.75) is 13.0 Å². The van der Waals surface area contributed by atoms with Gasteiger partial charge in [-0.3, -0.25) is 4.90 Å². The number of benzene rings is 2. The van der Waals surface area contributed by atoms with Crippen LogP contribution in [0.3, 0.4) is 0 Å². The zero-order valence-corrected chi connectivity index (χ0v) is 16.7. The minimum atomic E-state index is 0.165. The van der Waals surface area contributed by atoms with Crippen LogP contribution in [-0.2, 0) is 13.0 Å². The van der Waals surface area contributed by atoms with Crippen LogP contribution in [0.2, 0.25) is 0 Å². The number of hydrogen-bond donors (Lipinski definition) is 2. The molecule has 3 aromatic rings. The highest BCUT2D eigenvalue weighted by atomic mass is 16.5. The SMILES string of the molecule is Nc1nc(-c2cccc(O)c2)nc(N2CCN(Cc3ccc4c(c3)OCC4)CC2)n1. The number of aromatic hydroxyl groups is 1. The lowest BCUT2D eigenvalue weighted by atomic mass is 10.1. The Labute approximate surface area is 175 Å². The van der Waals surface area contributed by atoms with Crippen molar-refractivity contribution in [3.63, 3.8) is 0 Å². The summed E-state index contributed by atoms with van der Waals surface area (Å²) in [6.07, 6.45) is 1.01. The van der Waals surface area contributed by atoms with E-state index in [4.69, 9.17) is 10.5 Å².